The smallest absolute Gasteiger partial charge is 0.410 e. The number of aliphatic carboxylic acids is 1. The molecule has 0 rings (SSSR count). The quantitative estimate of drug-likeness (QED) is 0.261. The number of carboxylic acids is 1. The lowest BCUT2D eigenvalue weighted by Gasteiger charge is -2.21. The summed E-state index contributed by atoms with van der Waals surface area (Å²) in [5.41, 5.74) is 0. The standard InChI is InChI=1S/C20H37NO6/c1-14(2)8-6-9-17(11-12-18(23)24)10-7-13-21-20(25)27-19(15(3)4)26-16(5)22/h14-15,17,19H,6-13H2,1-5H3,(H,21,25)(H,23,24)/t17-,19+/m0/s1. The molecule has 0 heterocycles. The van der Waals surface area contributed by atoms with Crippen molar-refractivity contribution in [3.63, 3.8) is 0 Å². The van der Waals surface area contributed by atoms with Gasteiger partial charge in [0.1, 0.15) is 0 Å². The Hall–Kier alpha value is -1.79. The van der Waals surface area contributed by atoms with Crippen LogP contribution in [0.15, 0.2) is 0 Å². The highest BCUT2D eigenvalue weighted by atomic mass is 16.7. The van der Waals surface area contributed by atoms with E-state index in [2.05, 4.69) is 19.2 Å². The monoisotopic (exact) mass is 387 g/mol. The lowest BCUT2D eigenvalue weighted by atomic mass is 9.90. The number of carbonyl (C=O) groups is 3. The highest BCUT2D eigenvalue weighted by Gasteiger charge is 2.21. The molecule has 158 valence electrons. The first-order valence-corrected chi connectivity index (χ1v) is 9.95. The Labute approximate surface area is 163 Å². The number of alkyl carbamates (subject to hydrolysis) is 1. The number of rotatable bonds is 14. The van der Waals surface area contributed by atoms with Gasteiger partial charge >= 0.3 is 18.0 Å². The molecule has 0 aromatic carbocycles. The van der Waals surface area contributed by atoms with Gasteiger partial charge in [0.05, 0.1) is 0 Å². The van der Waals surface area contributed by atoms with E-state index in [-0.39, 0.29) is 12.3 Å². The largest absolute Gasteiger partial charge is 0.481 e. The van der Waals surface area contributed by atoms with Gasteiger partial charge in [0, 0.05) is 25.8 Å². The minimum Gasteiger partial charge on any atom is -0.481 e. The van der Waals surface area contributed by atoms with Crippen LogP contribution >= 0.6 is 0 Å². The van der Waals surface area contributed by atoms with Crippen molar-refractivity contribution < 1.29 is 29.0 Å². The Morgan fingerprint density at radius 2 is 1.56 bits per heavy atom. The molecule has 7 heteroatoms. The van der Waals surface area contributed by atoms with Crippen LogP contribution in [0.4, 0.5) is 4.79 Å². The van der Waals surface area contributed by atoms with Gasteiger partial charge in [-0.1, -0.05) is 47.0 Å². The molecule has 27 heavy (non-hydrogen) atoms. The van der Waals surface area contributed by atoms with Crippen LogP contribution in [0.2, 0.25) is 0 Å². The Kier molecular flexibility index (Phi) is 13.3. The molecule has 0 saturated heterocycles. The molecular formula is C20H37NO6. The van der Waals surface area contributed by atoms with Crippen molar-refractivity contribution in [1.82, 2.24) is 5.32 Å². The van der Waals surface area contributed by atoms with Crippen molar-refractivity contribution >= 4 is 18.0 Å². The normalized spacial score (nSPS) is 13.3. The molecule has 2 N–H and O–H groups in total. The van der Waals surface area contributed by atoms with E-state index >= 15 is 0 Å². The van der Waals surface area contributed by atoms with E-state index in [1.54, 1.807) is 13.8 Å². The van der Waals surface area contributed by atoms with Gasteiger partial charge in [-0.2, -0.15) is 0 Å². The van der Waals surface area contributed by atoms with Gasteiger partial charge in [-0.15, -0.1) is 0 Å². The fourth-order valence-corrected chi connectivity index (χ4v) is 2.76. The van der Waals surface area contributed by atoms with E-state index < -0.39 is 24.3 Å². The number of amides is 1. The third-order valence-corrected chi connectivity index (χ3v) is 4.27. The lowest BCUT2D eigenvalue weighted by Crippen LogP contribution is -2.34. The second-order valence-corrected chi connectivity index (χ2v) is 7.82. The molecule has 0 aromatic rings. The van der Waals surface area contributed by atoms with Crippen molar-refractivity contribution in [2.24, 2.45) is 17.8 Å². The molecular weight excluding hydrogens is 350 g/mol. The third kappa shape index (κ3) is 15.0. The average Bonchev–Trinajstić information content (AvgIpc) is 2.54. The summed E-state index contributed by atoms with van der Waals surface area (Å²) in [5.74, 6) is -0.407. The van der Waals surface area contributed by atoms with Gasteiger partial charge in [-0.3, -0.25) is 9.59 Å². The molecule has 0 bridgehead atoms. The van der Waals surface area contributed by atoms with Crippen LogP contribution in [0.3, 0.4) is 0 Å². The van der Waals surface area contributed by atoms with Crippen LogP contribution in [-0.2, 0) is 19.1 Å². The third-order valence-electron chi connectivity index (χ3n) is 4.27. The number of ether oxygens (including phenoxy) is 2. The number of carbonyl (C=O) groups excluding carboxylic acids is 2. The topological polar surface area (TPSA) is 102 Å². The van der Waals surface area contributed by atoms with E-state index in [1.807, 2.05) is 0 Å². The van der Waals surface area contributed by atoms with Crippen molar-refractivity contribution in [3.8, 4) is 0 Å². The minimum atomic E-state index is -0.901. The van der Waals surface area contributed by atoms with Crippen LogP contribution in [-0.4, -0.2) is 36.0 Å². The summed E-state index contributed by atoms with van der Waals surface area (Å²) in [6.45, 7) is 9.67. The summed E-state index contributed by atoms with van der Waals surface area (Å²) in [4.78, 5) is 33.7. The molecule has 0 saturated carbocycles. The van der Waals surface area contributed by atoms with Crippen molar-refractivity contribution in [3.05, 3.63) is 0 Å². The Morgan fingerprint density at radius 1 is 0.926 bits per heavy atom. The number of carboxylic acid groups (broad SMARTS) is 1. The zero-order valence-corrected chi connectivity index (χ0v) is 17.5. The summed E-state index contributed by atoms with van der Waals surface area (Å²) in [7, 11) is 0. The highest BCUT2D eigenvalue weighted by molar-refractivity contribution is 5.68. The lowest BCUT2D eigenvalue weighted by molar-refractivity contribution is -0.172. The van der Waals surface area contributed by atoms with Gasteiger partial charge in [0.2, 0.25) is 0 Å². The maximum Gasteiger partial charge on any atom is 0.410 e. The summed E-state index contributed by atoms with van der Waals surface area (Å²) in [6, 6.07) is 0. The maximum atomic E-state index is 11.8. The van der Waals surface area contributed by atoms with E-state index in [4.69, 9.17) is 14.6 Å². The first-order chi connectivity index (χ1) is 12.6. The van der Waals surface area contributed by atoms with Crippen molar-refractivity contribution in [1.29, 1.82) is 0 Å². The SMILES string of the molecule is CC(=O)O[C@H](OC(=O)NCCC[C@H](CCCC(C)C)CCC(=O)O)C(C)C. The fraction of sp³-hybridized carbons (Fsp3) is 0.850. The minimum absolute atomic E-state index is 0.138. The Bertz CT molecular complexity index is 450. The van der Waals surface area contributed by atoms with Gasteiger partial charge in [0.25, 0.3) is 6.29 Å². The van der Waals surface area contributed by atoms with Crippen molar-refractivity contribution in [2.75, 3.05) is 6.54 Å². The molecule has 0 aliphatic carbocycles. The molecule has 0 aliphatic rings. The molecule has 0 unspecified atom stereocenters. The molecule has 0 aliphatic heterocycles. The summed E-state index contributed by atoms with van der Waals surface area (Å²) < 4.78 is 10.1. The molecule has 0 aromatic heterocycles. The van der Waals surface area contributed by atoms with Gasteiger partial charge in [-0.25, -0.2) is 4.79 Å². The zero-order valence-electron chi connectivity index (χ0n) is 17.5. The number of hydrogen-bond donors (Lipinski definition) is 2. The molecule has 2 atom stereocenters. The van der Waals surface area contributed by atoms with Crippen LogP contribution in [0, 0.1) is 17.8 Å². The second-order valence-electron chi connectivity index (χ2n) is 7.82. The molecule has 1 amide bonds. The van der Waals surface area contributed by atoms with E-state index in [9.17, 15) is 14.4 Å². The molecule has 0 spiro atoms. The maximum absolute atomic E-state index is 11.8. The predicted octanol–water partition coefficient (Wildman–Crippen LogP) is 4.35. The number of esters is 1. The first kappa shape index (κ1) is 25.2. The summed E-state index contributed by atoms with van der Waals surface area (Å²) in [5, 5.41) is 11.6. The summed E-state index contributed by atoms with van der Waals surface area (Å²) >= 11 is 0. The Balaban J connectivity index is 4.22. The molecule has 7 nitrogen and oxygen atoms in total. The van der Waals surface area contributed by atoms with E-state index in [0.717, 1.165) is 32.1 Å². The molecule has 0 radical (unpaired) electrons. The van der Waals surface area contributed by atoms with Gasteiger partial charge in [0.15, 0.2) is 0 Å². The van der Waals surface area contributed by atoms with E-state index in [0.29, 0.717) is 24.8 Å². The van der Waals surface area contributed by atoms with E-state index in [1.165, 1.54) is 6.92 Å². The molecule has 0 fully saturated rings. The van der Waals surface area contributed by atoms with Crippen LogP contribution in [0.5, 0.6) is 0 Å². The highest BCUT2D eigenvalue weighted by Crippen LogP contribution is 2.22. The van der Waals surface area contributed by atoms with Gasteiger partial charge in [-0.05, 0) is 31.1 Å². The first-order valence-electron chi connectivity index (χ1n) is 9.95. The average molecular weight is 388 g/mol. The predicted molar refractivity (Wildman–Crippen MR) is 103 cm³/mol. The van der Waals surface area contributed by atoms with Crippen LogP contribution in [0.1, 0.15) is 79.6 Å². The fourth-order valence-electron chi connectivity index (χ4n) is 2.76. The number of hydrogen-bond acceptors (Lipinski definition) is 5. The van der Waals surface area contributed by atoms with Crippen molar-refractivity contribution in [2.45, 2.75) is 85.9 Å². The van der Waals surface area contributed by atoms with Crippen LogP contribution in [0.25, 0.3) is 0 Å². The number of nitrogens with one attached hydrogen (secondary N) is 1. The Morgan fingerprint density at radius 3 is 2.07 bits per heavy atom. The van der Waals surface area contributed by atoms with Gasteiger partial charge < -0.3 is 19.9 Å². The van der Waals surface area contributed by atoms with Crippen LogP contribution < -0.4 is 5.32 Å². The second kappa shape index (κ2) is 14.3. The summed E-state index contributed by atoms with van der Waals surface area (Å²) in [6.07, 6.45) is 4.19. The zero-order chi connectivity index (χ0) is 20.8.